The number of halogens is 1. The summed E-state index contributed by atoms with van der Waals surface area (Å²) in [4.78, 5) is 22.1. The van der Waals surface area contributed by atoms with Crippen molar-refractivity contribution in [1.29, 1.82) is 0 Å². The van der Waals surface area contributed by atoms with Gasteiger partial charge in [-0.3, -0.25) is 9.59 Å². The summed E-state index contributed by atoms with van der Waals surface area (Å²) in [5.74, 6) is -1.41. The van der Waals surface area contributed by atoms with E-state index in [4.69, 9.17) is 5.11 Å². The zero-order valence-corrected chi connectivity index (χ0v) is 12.0. The summed E-state index contributed by atoms with van der Waals surface area (Å²) >= 11 is 3.55. The van der Waals surface area contributed by atoms with Crippen LogP contribution in [0.1, 0.15) is 23.7 Å². The Morgan fingerprint density at radius 1 is 1.59 bits per heavy atom. The van der Waals surface area contributed by atoms with E-state index in [0.29, 0.717) is 5.56 Å². The number of carbonyl (C=O) groups is 2. The van der Waals surface area contributed by atoms with Crippen LogP contribution in [0, 0.1) is 2.88 Å². The maximum Gasteiger partial charge on any atom is 0.306 e. The number of carbonyl (C=O) groups excluding carboxylic acids is 1. The van der Waals surface area contributed by atoms with Gasteiger partial charge >= 0.3 is 5.97 Å². The molecule has 1 amide bonds. The van der Waals surface area contributed by atoms with E-state index in [1.54, 1.807) is 11.4 Å². The first-order chi connectivity index (χ1) is 7.80. The smallest absolute Gasteiger partial charge is 0.306 e. The third-order valence-electron chi connectivity index (χ3n) is 1.99. The number of carboxylic acid groups (broad SMARTS) is 1. The van der Waals surface area contributed by atoms with Crippen molar-refractivity contribution in [3.8, 4) is 0 Å². The molecule has 17 heavy (non-hydrogen) atoms. The van der Waals surface area contributed by atoms with Crippen molar-refractivity contribution in [2.45, 2.75) is 18.9 Å². The summed E-state index contributed by atoms with van der Waals surface area (Å²) in [5, 5.41) is 22.5. The van der Waals surface area contributed by atoms with Crippen molar-refractivity contribution in [2.75, 3.05) is 6.54 Å². The van der Waals surface area contributed by atoms with Crippen LogP contribution < -0.4 is 5.32 Å². The third-order valence-corrected chi connectivity index (χ3v) is 3.78. The van der Waals surface area contributed by atoms with Crippen LogP contribution in [0.15, 0.2) is 11.4 Å². The molecule has 1 rings (SSSR count). The minimum atomic E-state index is -1.44. The monoisotopic (exact) mass is 369 g/mol. The highest BCUT2D eigenvalue weighted by molar-refractivity contribution is 14.1. The Morgan fingerprint density at radius 2 is 2.24 bits per heavy atom. The van der Waals surface area contributed by atoms with Gasteiger partial charge in [0.1, 0.15) is 0 Å². The van der Waals surface area contributed by atoms with Gasteiger partial charge in [0.2, 0.25) is 0 Å². The molecule has 0 saturated carbocycles. The first-order valence-electron chi connectivity index (χ1n) is 4.76. The molecular formula is C10H12INO4S. The van der Waals surface area contributed by atoms with Crippen molar-refractivity contribution in [2.24, 2.45) is 0 Å². The lowest BCUT2D eigenvalue weighted by Gasteiger charge is -2.21. The topological polar surface area (TPSA) is 86.6 Å². The number of carboxylic acids is 1. The number of rotatable bonds is 5. The molecule has 0 spiro atoms. The van der Waals surface area contributed by atoms with Crippen molar-refractivity contribution in [3.05, 3.63) is 19.9 Å². The van der Waals surface area contributed by atoms with E-state index in [2.05, 4.69) is 27.9 Å². The largest absolute Gasteiger partial charge is 0.481 e. The summed E-state index contributed by atoms with van der Waals surface area (Å²) in [6.07, 6.45) is -0.408. The molecule has 94 valence electrons. The van der Waals surface area contributed by atoms with Crippen LogP contribution in [0.25, 0.3) is 0 Å². The Balaban J connectivity index is 2.51. The number of aliphatic carboxylic acids is 1. The predicted octanol–water partition coefficient (Wildman–Crippen LogP) is 1.31. The van der Waals surface area contributed by atoms with Crippen molar-refractivity contribution in [3.63, 3.8) is 0 Å². The lowest BCUT2D eigenvalue weighted by molar-refractivity contribution is -0.141. The number of amides is 1. The van der Waals surface area contributed by atoms with Crippen LogP contribution in [-0.2, 0) is 4.79 Å². The van der Waals surface area contributed by atoms with E-state index in [1.165, 1.54) is 18.3 Å². The number of nitrogens with one attached hydrogen (secondary N) is 1. The van der Waals surface area contributed by atoms with Gasteiger partial charge in [0, 0.05) is 11.9 Å². The van der Waals surface area contributed by atoms with Gasteiger partial charge in [0.25, 0.3) is 5.91 Å². The minimum absolute atomic E-state index is 0.0927. The molecule has 0 bridgehead atoms. The van der Waals surface area contributed by atoms with Crippen molar-refractivity contribution < 1.29 is 19.8 Å². The van der Waals surface area contributed by atoms with Crippen molar-refractivity contribution in [1.82, 2.24) is 5.32 Å². The quantitative estimate of drug-likeness (QED) is 0.684. The molecule has 5 nitrogen and oxygen atoms in total. The highest BCUT2D eigenvalue weighted by atomic mass is 127. The van der Waals surface area contributed by atoms with E-state index in [0.717, 1.165) is 2.88 Å². The molecule has 0 aliphatic rings. The maximum absolute atomic E-state index is 11.6. The summed E-state index contributed by atoms with van der Waals surface area (Å²) in [5.41, 5.74) is -0.921. The fourth-order valence-electron chi connectivity index (χ4n) is 1.19. The minimum Gasteiger partial charge on any atom is -0.481 e. The van der Waals surface area contributed by atoms with Gasteiger partial charge in [-0.25, -0.2) is 0 Å². The first-order valence-corrected chi connectivity index (χ1v) is 6.72. The average Bonchev–Trinajstić information content (AvgIpc) is 2.59. The highest BCUT2D eigenvalue weighted by Gasteiger charge is 2.25. The van der Waals surface area contributed by atoms with E-state index in [1.807, 2.05) is 0 Å². The molecule has 1 heterocycles. The Kier molecular flexibility index (Phi) is 4.90. The number of aliphatic hydroxyl groups is 1. The number of hydrogen-bond donors (Lipinski definition) is 3. The van der Waals surface area contributed by atoms with Crippen LogP contribution in [0.5, 0.6) is 0 Å². The number of thiophene rings is 1. The molecular weight excluding hydrogens is 357 g/mol. The van der Waals surface area contributed by atoms with E-state index in [-0.39, 0.29) is 12.5 Å². The van der Waals surface area contributed by atoms with Crippen molar-refractivity contribution >= 4 is 45.8 Å². The van der Waals surface area contributed by atoms with Gasteiger partial charge in [-0.2, -0.15) is 0 Å². The zero-order valence-electron chi connectivity index (χ0n) is 9.07. The molecule has 0 aromatic carbocycles. The van der Waals surface area contributed by atoms with Gasteiger partial charge in [0.15, 0.2) is 0 Å². The second-order valence-corrected chi connectivity index (χ2v) is 6.70. The fourth-order valence-corrected chi connectivity index (χ4v) is 2.52. The van der Waals surface area contributed by atoms with Gasteiger partial charge in [0.05, 0.1) is 20.5 Å². The second-order valence-electron chi connectivity index (χ2n) is 3.89. The zero-order chi connectivity index (χ0) is 13.1. The lowest BCUT2D eigenvalue weighted by atomic mass is 10.0. The summed E-state index contributed by atoms with van der Waals surface area (Å²) in [7, 11) is 0. The first kappa shape index (κ1) is 14.4. The van der Waals surface area contributed by atoms with Crippen LogP contribution in [0.2, 0.25) is 0 Å². The van der Waals surface area contributed by atoms with E-state index >= 15 is 0 Å². The summed E-state index contributed by atoms with van der Waals surface area (Å²) in [6.45, 7) is 1.28. The van der Waals surface area contributed by atoms with Crippen LogP contribution in [0.4, 0.5) is 0 Å². The van der Waals surface area contributed by atoms with E-state index < -0.39 is 18.0 Å². The fraction of sp³-hybridized carbons (Fsp3) is 0.400. The molecule has 1 aromatic heterocycles. The SMILES string of the molecule is CC(O)(CNC(=O)c1csc(I)c1)CC(=O)O. The van der Waals surface area contributed by atoms with Gasteiger partial charge in [-0.1, -0.05) is 0 Å². The molecule has 3 N–H and O–H groups in total. The van der Waals surface area contributed by atoms with Gasteiger partial charge in [-0.05, 0) is 35.6 Å². The molecule has 1 aromatic rings. The molecule has 1 atom stereocenters. The summed E-state index contributed by atoms with van der Waals surface area (Å²) < 4.78 is 0.991. The Labute approximate surface area is 116 Å². The molecule has 0 saturated heterocycles. The molecule has 7 heteroatoms. The average molecular weight is 369 g/mol. The third kappa shape index (κ3) is 5.00. The highest BCUT2D eigenvalue weighted by Crippen LogP contribution is 2.16. The Morgan fingerprint density at radius 3 is 2.71 bits per heavy atom. The van der Waals surface area contributed by atoms with Crippen LogP contribution in [0.3, 0.4) is 0 Å². The Bertz CT molecular complexity index is 430. The van der Waals surface area contributed by atoms with Crippen LogP contribution in [-0.4, -0.2) is 34.2 Å². The molecule has 1 unspecified atom stereocenters. The maximum atomic E-state index is 11.6. The number of hydrogen-bond acceptors (Lipinski definition) is 4. The standard InChI is InChI=1S/C10H12INO4S/c1-10(16,3-8(13)14)5-12-9(15)6-2-7(11)17-4-6/h2,4,16H,3,5H2,1H3,(H,12,15)(H,13,14). The summed E-state index contributed by atoms with van der Waals surface area (Å²) in [6, 6.07) is 1.73. The van der Waals surface area contributed by atoms with E-state index in [9.17, 15) is 14.7 Å². The normalized spacial score (nSPS) is 14.1. The lowest BCUT2D eigenvalue weighted by Crippen LogP contribution is -2.42. The molecule has 0 fully saturated rings. The van der Waals surface area contributed by atoms with Gasteiger partial charge < -0.3 is 15.5 Å². The molecule has 0 radical (unpaired) electrons. The van der Waals surface area contributed by atoms with Gasteiger partial charge in [-0.15, -0.1) is 11.3 Å². The van der Waals surface area contributed by atoms with Crippen LogP contribution >= 0.6 is 33.9 Å². The second kappa shape index (κ2) is 5.78. The Hall–Kier alpha value is -0.670. The predicted molar refractivity (Wildman–Crippen MR) is 72.2 cm³/mol. The molecule has 0 aliphatic carbocycles. The molecule has 0 aliphatic heterocycles.